The number of hydrogen-bond donors (Lipinski definition) is 1. The second kappa shape index (κ2) is 5.27. The van der Waals surface area contributed by atoms with Crippen LogP contribution in [0.25, 0.3) is 0 Å². The summed E-state index contributed by atoms with van der Waals surface area (Å²) >= 11 is 5.95. The average molecular weight is 284 g/mol. The maximum Gasteiger partial charge on any atom is 0.246 e. The molecule has 1 aromatic carbocycles. The maximum absolute atomic E-state index is 13.6. The normalized spacial score (nSPS) is 14.4. The Morgan fingerprint density at radius 2 is 2.21 bits per heavy atom. The quantitative estimate of drug-likeness (QED) is 0.937. The predicted molar refractivity (Wildman–Crippen MR) is 70.3 cm³/mol. The highest BCUT2D eigenvalue weighted by molar-refractivity contribution is 6.31. The number of nitrogens with two attached hydrogens (primary N) is 1. The van der Waals surface area contributed by atoms with E-state index in [1.165, 1.54) is 6.07 Å². The van der Waals surface area contributed by atoms with Crippen LogP contribution in [0.5, 0.6) is 0 Å². The smallest absolute Gasteiger partial charge is 0.246 e. The lowest BCUT2D eigenvalue weighted by molar-refractivity contribution is 0.290. The molecule has 0 bridgehead atoms. The number of aromatic nitrogens is 2. The number of hydrogen-bond acceptors (Lipinski definition) is 4. The Labute approximate surface area is 115 Å². The van der Waals surface area contributed by atoms with E-state index in [1.54, 1.807) is 19.1 Å². The highest BCUT2D eigenvalue weighted by atomic mass is 35.5. The Bertz CT molecular complexity index is 563. The van der Waals surface area contributed by atoms with Crippen molar-refractivity contribution in [3.8, 4) is 0 Å². The van der Waals surface area contributed by atoms with Gasteiger partial charge in [-0.05, 0) is 25.5 Å². The largest absolute Gasteiger partial charge is 0.337 e. The van der Waals surface area contributed by atoms with Crippen molar-refractivity contribution in [3.05, 3.63) is 46.3 Å². The van der Waals surface area contributed by atoms with Gasteiger partial charge in [-0.3, -0.25) is 0 Å². The van der Waals surface area contributed by atoms with Gasteiger partial charge in [0.15, 0.2) is 5.82 Å². The molecule has 102 valence electrons. The monoisotopic (exact) mass is 283 g/mol. The van der Waals surface area contributed by atoms with Gasteiger partial charge in [0.2, 0.25) is 5.89 Å². The molecule has 0 amide bonds. The number of benzene rings is 1. The summed E-state index contributed by atoms with van der Waals surface area (Å²) in [4.78, 5) is 4.20. The van der Waals surface area contributed by atoms with Gasteiger partial charge in [-0.1, -0.05) is 29.7 Å². The Balaban J connectivity index is 2.26. The molecule has 0 radical (unpaired) electrons. The summed E-state index contributed by atoms with van der Waals surface area (Å²) in [5, 5.41) is 4.16. The molecule has 1 aromatic heterocycles. The van der Waals surface area contributed by atoms with Crippen LogP contribution >= 0.6 is 11.6 Å². The van der Waals surface area contributed by atoms with Crippen molar-refractivity contribution in [1.82, 2.24) is 10.1 Å². The van der Waals surface area contributed by atoms with Crippen LogP contribution in [-0.2, 0) is 12.0 Å². The minimum Gasteiger partial charge on any atom is -0.337 e. The molecule has 0 aliphatic carbocycles. The first-order valence-corrected chi connectivity index (χ1v) is 6.36. The van der Waals surface area contributed by atoms with E-state index < -0.39 is 5.54 Å². The van der Waals surface area contributed by atoms with Crippen LogP contribution in [-0.4, -0.2) is 10.1 Å². The lowest BCUT2D eigenvalue weighted by Crippen LogP contribution is -2.32. The zero-order valence-electron chi connectivity index (χ0n) is 10.8. The van der Waals surface area contributed by atoms with Crippen LogP contribution in [0.1, 0.15) is 37.5 Å². The third-order valence-electron chi connectivity index (χ3n) is 3.09. The summed E-state index contributed by atoms with van der Waals surface area (Å²) < 4.78 is 18.8. The van der Waals surface area contributed by atoms with Crippen LogP contribution in [0, 0.1) is 5.82 Å². The molecular weight excluding hydrogens is 269 g/mol. The Hall–Kier alpha value is -1.46. The molecule has 2 aromatic rings. The second-order valence-corrected chi connectivity index (χ2v) is 5.07. The van der Waals surface area contributed by atoms with Crippen LogP contribution < -0.4 is 5.73 Å². The molecule has 0 aliphatic rings. The maximum atomic E-state index is 13.6. The van der Waals surface area contributed by atoms with Crippen molar-refractivity contribution in [2.45, 2.75) is 32.2 Å². The summed E-state index contributed by atoms with van der Waals surface area (Å²) in [6.07, 6.45) is 0.837. The van der Waals surface area contributed by atoms with Crippen LogP contribution in [0.3, 0.4) is 0 Å². The first kappa shape index (κ1) is 14.0. The van der Waals surface area contributed by atoms with Gasteiger partial charge >= 0.3 is 0 Å². The Morgan fingerprint density at radius 1 is 1.47 bits per heavy atom. The van der Waals surface area contributed by atoms with Gasteiger partial charge in [0.05, 0.1) is 5.54 Å². The molecule has 1 heterocycles. The fourth-order valence-electron chi connectivity index (χ4n) is 1.57. The molecule has 0 saturated carbocycles. The molecule has 0 saturated heterocycles. The van der Waals surface area contributed by atoms with Gasteiger partial charge in [-0.25, -0.2) is 4.39 Å². The third kappa shape index (κ3) is 2.93. The number of nitrogens with zero attached hydrogens (tertiary/aromatic N) is 2. The van der Waals surface area contributed by atoms with Gasteiger partial charge in [-0.15, -0.1) is 0 Å². The number of rotatable bonds is 4. The van der Waals surface area contributed by atoms with Crippen molar-refractivity contribution in [2.24, 2.45) is 5.73 Å². The first-order chi connectivity index (χ1) is 8.94. The molecular formula is C13H15ClFN3O. The van der Waals surface area contributed by atoms with E-state index in [-0.39, 0.29) is 12.2 Å². The molecule has 2 N–H and O–H groups in total. The van der Waals surface area contributed by atoms with E-state index in [1.807, 2.05) is 6.92 Å². The van der Waals surface area contributed by atoms with Crippen LogP contribution in [0.15, 0.2) is 22.7 Å². The van der Waals surface area contributed by atoms with Gasteiger partial charge in [0, 0.05) is 17.0 Å². The van der Waals surface area contributed by atoms with Gasteiger partial charge in [0.25, 0.3) is 0 Å². The average Bonchev–Trinajstić information content (AvgIpc) is 2.83. The SMILES string of the molecule is CCC(C)(N)c1nc(Cc2c(F)cccc2Cl)no1. The molecule has 4 nitrogen and oxygen atoms in total. The fraction of sp³-hybridized carbons (Fsp3) is 0.385. The van der Waals surface area contributed by atoms with Gasteiger partial charge < -0.3 is 10.3 Å². The first-order valence-electron chi connectivity index (χ1n) is 5.99. The molecule has 2 rings (SSSR count). The van der Waals surface area contributed by atoms with E-state index in [9.17, 15) is 4.39 Å². The van der Waals surface area contributed by atoms with Gasteiger partial charge in [0.1, 0.15) is 5.82 Å². The number of halogens is 2. The summed E-state index contributed by atoms with van der Waals surface area (Å²) in [5.74, 6) is 0.328. The fourth-order valence-corrected chi connectivity index (χ4v) is 1.80. The van der Waals surface area contributed by atoms with E-state index in [0.29, 0.717) is 28.7 Å². The molecule has 0 aliphatic heterocycles. The molecule has 1 unspecified atom stereocenters. The molecule has 1 atom stereocenters. The van der Waals surface area contributed by atoms with E-state index in [0.717, 1.165) is 0 Å². The third-order valence-corrected chi connectivity index (χ3v) is 3.44. The molecule has 0 fully saturated rings. The Kier molecular flexibility index (Phi) is 3.87. The van der Waals surface area contributed by atoms with Crippen LogP contribution in [0.2, 0.25) is 5.02 Å². The minimum absolute atomic E-state index is 0.175. The van der Waals surface area contributed by atoms with Crippen molar-refractivity contribution >= 4 is 11.6 Å². The summed E-state index contributed by atoms with van der Waals surface area (Å²) in [7, 11) is 0. The zero-order valence-corrected chi connectivity index (χ0v) is 11.5. The van der Waals surface area contributed by atoms with Crippen molar-refractivity contribution in [3.63, 3.8) is 0 Å². The van der Waals surface area contributed by atoms with Crippen molar-refractivity contribution in [1.29, 1.82) is 0 Å². The molecule has 0 spiro atoms. The lowest BCUT2D eigenvalue weighted by Gasteiger charge is -2.16. The van der Waals surface area contributed by atoms with Crippen molar-refractivity contribution < 1.29 is 8.91 Å². The second-order valence-electron chi connectivity index (χ2n) is 4.66. The highest BCUT2D eigenvalue weighted by Gasteiger charge is 2.26. The summed E-state index contributed by atoms with van der Waals surface area (Å²) in [6.45, 7) is 3.73. The van der Waals surface area contributed by atoms with Gasteiger partial charge in [-0.2, -0.15) is 4.98 Å². The highest BCUT2D eigenvalue weighted by Crippen LogP contribution is 2.23. The van der Waals surface area contributed by atoms with E-state index in [4.69, 9.17) is 21.9 Å². The standard InChI is InChI=1S/C13H15ClFN3O/c1-3-13(2,16)12-17-11(18-19-12)7-8-9(14)5-4-6-10(8)15/h4-6H,3,7,16H2,1-2H3. The van der Waals surface area contributed by atoms with E-state index >= 15 is 0 Å². The zero-order chi connectivity index (χ0) is 14.0. The van der Waals surface area contributed by atoms with Crippen LogP contribution in [0.4, 0.5) is 4.39 Å². The predicted octanol–water partition coefficient (Wildman–Crippen LogP) is 3.04. The lowest BCUT2D eigenvalue weighted by atomic mass is 10.0. The van der Waals surface area contributed by atoms with Crippen molar-refractivity contribution in [2.75, 3.05) is 0 Å². The molecule has 19 heavy (non-hydrogen) atoms. The molecule has 6 heteroatoms. The summed E-state index contributed by atoms with van der Waals surface area (Å²) in [5.41, 5.74) is 5.68. The van der Waals surface area contributed by atoms with E-state index in [2.05, 4.69) is 10.1 Å². The topological polar surface area (TPSA) is 64.9 Å². The minimum atomic E-state index is -0.676. The summed E-state index contributed by atoms with van der Waals surface area (Å²) in [6, 6.07) is 4.53. The Morgan fingerprint density at radius 3 is 2.84 bits per heavy atom.